The van der Waals surface area contributed by atoms with Crippen LogP contribution in [0.4, 0.5) is 5.82 Å². The molecule has 0 spiro atoms. The summed E-state index contributed by atoms with van der Waals surface area (Å²) in [7, 11) is 4.54. The highest BCUT2D eigenvalue weighted by Gasteiger charge is 2.23. The van der Waals surface area contributed by atoms with Crippen molar-refractivity contribution in [3.8, 4) is 0 Å². The van der Waals surface area contributed by atoms with E-state index in [9.17, 15) is 9.59 Å². The number of methoxy groups -OCH3 is 1. The Morgan fingerprint density at radius 3 is 2.59 bits per heavy atom. The molecule has 1 amide bonds. The minimum absolute atomic E-state index is 0.0194. The Morgan fingerprint density at radius 2 is 2.12 bits per heavy atom. The van der Waals surface area contributed by atoms with Gasteiger partial charge < -0.3 is 19.9 Å². The second-order valence-corrected chi connectivity index (χ2v) is 3.79. The van der Waals surface area contributed by atoms with Crippen LogP contribution in [0.3, 0.4) is 0 Å². The second-order valence-electron chi connectivity index (χ2n) is 3.79. The van der Waals surface area contributed by atoms with Crippen molar-refractivity contribution in [2.75, 3.05) is 26.9 Å². The molecule has 2 N–H and O–H groups in total. The standard InChI is InChI=1S/C10H16N4O3/c1-6(9(15)13(2)3)14-5-12-7(8(14)11)10(16)17-4/h5-6H,11H2,1-4H3. The summed E-state index contributed by atoms with van der Waals surface area (Å²) in [5.74, 6) is -0.629. The van der Waals surface area contributed by atoms with E-state index in [1.807, 2.05) is 0 Å². The number of hydrogen-bond acceptors (Lipinski definition) is 5. The number of ether oxygens (including phenoxy) is 1. The smallest absolute Gasteiger partial charge is 0.360 e. The normalized spacial score (nSPS) is 12.0. The predicted octanol–water partition coefficient (Wildman–Crippen LogP) is -0.0989. The first-order valence-corrected chi connectivity index (χ1v) is 5.02. The van der Waals surface area contributed by atoms with Crippen LogP contribution in [0.25, 0.3) is 0 Å². The molecule has 0 radical (unpaired) electrons. The van der Waals surface area contributed by atoms with E-state index in [1.54, 1.807) is 21.0 Å². The van der Waals surface area contributed by atoms with Gasteiger partial charge in [0.2, 0.25) is 5.91 Å². The van der Waals surface area contributed by atoms with Gasteiger partial charge in [0.05, 0.1) is 13.4 Å². The van der Waals surface area contributed by atoms with Gasteiger partial charge in [-0.1, -0.05) is 0 Å². The molecule has 0 saturated carbocycles. The van der Waals surface area contributed by atoms with Gasteiger partial charge in [-0.25, -0.2) is 9.78 Å². The third kappa shape index (κ3) is 2.38. The molecule has 1 unspecified atom stereocenters. The van der Waals surface area contributed by atoms with E-state index < -0.39 is 12.0 Å². The zero-order valence-electron chi connectivity index (χ0n) is 10.3. The summed E-state index contributed by atoms with van der Waals surface area (Å²) in [6.45, 7) is 1.68. The molecule has 7 heteroatoms. The van der Waals surface area contributed by atoms with Gasteiger partial charge in [0.15, 0.2) is 5.69 Å². The number of imidazole rings is 1. The van der Waals surface area contributed by atoms with E-state index >= 15 is 0 Å². The zero-order chi connectivity index (χ0) is 13.2. The Bertz CT molecular complexity index is 439. The molecule has 17 heavy (non-hydrogen) atoms. The van der Waals surface area contributed by atoms with Gasteiger partial charge in [-0.05, 0) is 6.92 Å². The molecule has 0 bridgehead atoms. The van der Waals surface area contributed by atoms with Crippen molar-refractivity contribution in [1.82, 2.24) is 14.5 Å². The first kappa shape index (κ1) is 13.0. The van der Waals surface area contributed by atoms with Crippen LogP contribution >= 0.6 is 0 Å². The maximum atomic E-state index is 11.7. The number of carbonyl (C=O) groups excluding carboxylic acids is 2. The molecule has 0 saturated heterocycles. The Morgan fingerprint density at radius 1 is 1.53 bits per heavy atom. The molecule has 7 nitrogen and oxygen atoms in total. The molecule has 1 atom stereocenters. The van der Waals surface area contributed by atoms with Crippen molar-refractivity contribution < 1.29 is 14.3 Å². The van der Waals surface area contributed by atoms with E-state index in [0.29, 0.717) is 0 Å². The van der Waals surface area contributed by atoms with Crippen LogP contribution in [0.2, 0.25) is 0 Å². The van der Waals surface area contributed by atoms with Crippen LogP contribution in [-0.4, -0.2) is 47.5 Å². The average molecular weight is 240 g/mol. The SMILES string of the molecule is COC(=O)c1ncn(C(C)C(=O)N(C)C)c1N. The predicted molar refractivity (Wildman–Crippen MR) is 61.4 cm³/mol. The van der Waals surface area contributed by atoms with Gasteiger partial charge in [-0.2, -0.15) is 0 Å². The number of likely N-dealkylation sites (N-methyl/N-ethyl adjacent to an activating group) is 1. The molecule has 0 fully saturated rings. The first-order valence-electron chi connectivity index (χ1n) is 5.02. The number of amides is 1. The van der Waals surface area contributed by atoms with Crippen molar-refractivity contribution in [3.05, 3.63) is 12.0 Å². The Kier molecular flexibility index (Phi) is 3.72. The molecule has 1 aromatic heterocycles. The Hall–Kier alpha value is -2.05. The fourth-order valence-corrected chi connectivity index (χ4v) is 1.43. The highest BCUT2D eigenvalue weighted by Crippen LogP contribution is 2.18. The maximum absolute atomic E-state index is 11.7. The van der Waals surface area contributed by atoms with Crippen molar-refractivity contribution >= 4 is 17.7 Å². The van der Waals surface area contributed by atoms with Crippen molar-refractivity contribution in [2.45, 2.75) is 13.0 Å². The summed E-state index contributed by atoms with van der Waals surface area (Å²) in [6.07, 6.45) is 1.35. The highest BCUT2D eigenvalue weighted by atomic mass is 16.5. The Labute approximate surface area is 99.2 Å². The first-order chi connectivity index (χ1) is 7.90. The minimum Gasteiger partial charge on any atom is -0.464 e. The molecule has 94 valence electrons. The fraction of sp³-hybridized carbons (Fsp3) is 0.500. The van der Waals surface area contributed by atoms with Gasteiger partial charge in [-0.15, -0.1) is 0 Å². The summed E-state index contributed by atoms with van der Waals surface area (Å²) in [6, 6.07) is -0.518. The number of esters is 1. The quantitative estimate of drug-likeness (QED) is 0.745. The van der Waals surface area contributed by atoms with Crippen molar-refractivity contribution in [2.24, 2.45) is 0 Å². The number of nitrogens with zero attached hydrogens (tertiary/aromatic N) is 3. The van der Waals surface area contributed by atoms with E-state index in [0.717, 1.165) is 0 Å². The number of hydrogen-bond donors (Lipinski definition) is 1. The third-order valence-electron chi connectivity index (χ3n) is 2.43. The summed E-state index contributed by atoms with van der Waals surface area (Å²) < 4.78 is 5.97. The number of nitrogen functional groups attached to an aromatic ring is 1. The molecule has 0 aromatic carbocycles. The van der Waals surface area contributed by atoms with Crippen molar-refractivity contribution in [3.63, 3.8) is 0 Å². The Balaban J connectivity index is 3.05. The van der Waals surface area contributed by atoms with Crippen LogP contribution in [-0.2, 0) is 9.53 Å². The van der Waals surface area contributed by atoms with Gasteiger partial charge in [0.1, 0.15) is 11.9 Å². The lowest BCUT2D eigenvalue weighted by Crippen LogP contribution is -2.30. The van der Waals surface area contributed by atoms with Crippen LogP contribution in [0.15, 0.2) is 6.33 Å². The summed E-state index contributed by atoms with van der Waals surface area (Å²) in [4.78, 5) is 28.3. The highest BCUT2D eigenvalue weighted by molar-refractivity contribution is 5.92. The van der Waals surface area contributed by atoms with E-state index in [2.05, 4.69) is 9.72 Å². The third-order valence-corrected chi connectivity index (χ3v) is 2.43. The molecular formula is C10H16N4O3. The lowest BCUT2D eigenvalue weighted by atomic mass is 10.3. The number of rotatable bonds is 3. The van der Waals surface area contributed by atoms with E-state index in [1.165, 1.54) is 22.9 Å². The van der Waals surface area contributed by atoms with Gasteiger partial charge in [0, 0.05) is 14.1 Å². The van der Waals surface area contributed by atoms with Crippen LogP contribution < -0.4 is 5.73 Å². The molecule has 0 aliphatic carbocycles. The van der Waals surface area contributed by atoms with Gasteiger partial charge in [0.25, 0.3) is 0 Å². The van der Waals surface area contributed by atoms with Crippen LogP contribution in [0.5, 0.6) is 0 Å². The number of aromatic nitrogens is 2. The van der Waals surface area contributed by atoms with Crippen LogP contribution in [0, 0.1) is 0 Å². The number of nitrogens with two attached hydrogens (primary N) is 1. The molecule has 1 heterocycles. The number of carbonyl (C=O) groups is 2. The minimum atomic E-state index is -0.620. The molecular weight excluding hydrogens is 224 g/mol. The molecule has 1 aromatic rings. The van der Waals surface area contributed by atoms with Crippen molar-refractivity contribution in [1.29, 1.82) is 0 Å². The van der Waals surface area contributed by atoms with Crippen LogP contribution in [0.1, 0.15) is 23.5 Å². The molecule has 1 rings (SSSR count). The zero-order valence-corrected chi connectivity index (χ0v) is 10.3. The van der Waals surface area contributed by atoms with E-state index in [4.69, 9.17) is 5.73 Å². The average Bonchev–Trinajstić information content (AvgIpc) is 2.68. The second kappa shape index (κ2) is 4.86. The molecule has 0 aliphatic rings. The summed E-state index contributed by atoms with van der Waals surface area (Å²) in [5, 5.41) is 0. The summed E-state index contributed by atoms with van der Waals surface area (Å²) in [5.41, 5.74) is 5.77. The lowest BCUT2D eigenvalue weighted by Gasteiger charge is -2.18. The topological polar surface area (TPSA) is 90.4 Å². The maximum Gasteiger partial charge on any atom is 0.360 e. The van der Waals surface area contributed by atoms with E-state index in [-0.39, 0.29) is 17.4 Å². The van der Waals surface area contributed by atoms with Gasteiger partial charge >= 0.3 is 5.97 Å². The largest absolute Gasteiger partial charge is 0.464 e. The lowest BCUT2D eigenvalue weighted by molar-refractivity contribution is -0.131. The monoisotopic (exact) mass is 240 g/mol. The fourth-order valence-electron chi connectivity index (χ4n) is 1.43. The van der Waals surface area contributed by atoms with Gasteiger partial charge in [-0.3, -0.25) is 4.79 Å². The number of anilines is 1. The molecule has 0 aliphatic heterocycles. The summed E-state index contributed by atoms with van der Waals surface area (Å²) >= 11 is 0.